The molecule has 1 spiro atoms. The zero-order valence-electron chi connectivity index (χ0n) is 19.3. The molecule has 2 saturated heterocycles. The molecule has 1 saturated carbocycles. The topological polar surface area (TPSA) is 88.9 Å². The second kappa shape index (κ2) is 6.69. The van der Waals surface area contributed by atoms with Gasteiger partial charge in [-0.25, -0.2) is 4.98 Å². The third-order valence-corrected chi connectivity index (χ3v) is 8.52. The predicted octanol–water partition coefficient (Wildman–Crippen LogP) is 3.69. The molecule has 1 N–H and O–H groups in total. The summed E-state index contributed by atoms with van der Waals surface area (Å²) in [7, 11) is 0. The summed E-state index contributed by atoms with van der Waals surface area (Å²) in [6, 6.07) is 6.74. The maximum atomic E-state index is 12.0. The number of carbonyl (C=O) groups excluding carboxylic acids is 1. The monoisotopic (exact) mass is 450 g/mol. The van der Waals surface area contributed by atoms with Crippen LogP contribution in [0.1, 0.15) is 41.1 Å². The van der Waals surface area contributed by atoms with Gasteiger partial charge in [-0.05, 0) is 60.9 Å². The summed E-state index contributed by atoms with van der Waals surface area (Å²) in [4.78, 5) is 21.4. The Balaban J connectivity index is 1.36. The molecule has 2 aliphatic heterocycles. The molecule has 34 heavy (non-hydrogen) atoms. The Bertz CT molecular complexity index is 1440. The van der Waals surface area contributed by atoms with E-state index < -0.39 is 0 Å². The number of anilines is 1. The molecule has 2 aromatic heterocycles. The summed E-state index contributed by atoms with van der Waals surface area (Å²) in [5, 5.41) is 18.9. The number of H-pyrrole nitrogens is 1. The third-order valence-electron chi connectivity index (χ3n) is 8.52. The van der Waals surface area contributed by atoms with Crippen molar-refractivity contribution in [3.63, 3.8) is 0 Å². The Morgan fingerprint density at radius 3 is 2.97 bits per heavy atom. The van der Waals surface area contributed by atoms with Crippen LogP contribution < -0.4 is 4.90 Å². The number of carbonyl (C=O) groups is 1. The maximum Gasteiger partial charge on any atom is 0.245 e. The van der Waals surface area contributed by atoms with Gasteiger partial charge in [-0.1, -0.05) is 12.6 Å². The number of fused-ring (bicyclic) bond motifs is 4. The van der Waals surface area contributed by atoms with Crippen molar-refractivity contribution in [1.82, 2.24) is 20.1 Å². The minimum absolute atomic E-state index is 0.00295. The van der Waals surface area contributed by atoms with Crippen molar-refractivity contribution in [2.24, 2.45) is 11.3 Å². The molecular formula is C27H26N6O. The number of nitrogens with one attached hydrogen (secondary N) is 1. The van der Waals surface area contributed by atoms with Gasteiger partial charge in [0.15, 0.2) is 0 Å². The van der Waals surface area contributed by atoms with Crippen LogP contribution in [0.3, 0.4) is 0 Å². The number of aromatic amines is 1. The van der Waals surface area contributed by atoms with Crippen LogP contribution in [0, 0.1) is 29.6 Å². The predicted molar refractivity (Wildman–Crippen MR) is 129 cm³/mol. The van der Waals surface area contributed by atoms with Gasteiger partial charge >= 0.3 is 0 Å². The van der Waals surface area contributed by atoms with Gasteiger partial charge in [0.1, 0.15) is 17.5 Å². The fourth-order valence-corrected chi connectivity index (χ4v) is 6.70. The summed E-state index contributed by atoms with van der Waals surface area (Å²) in [6.07, 6.45) is 6.50. The summed E-state index contributed by atoms with van der Waals surface area (Å²) in [6.45, 7) is 8.94. The Morgan fingerprint density at radius 1 is 1.32 bits per heavy atom. The fourth-order valence-electron chi connectivity index (χ4n) is 6.70. The first-order chi connectivity index (χ1) is 16.5. The zero-order valence-corrected chi connectivity index (χ0v) is 19.3. The van der Waals surface area contributed by atoms with Crippen molar-refractivity contribution < 1.29 is 4.79 Å². The van der Waals surface area contributed by atoms with E-state index in [2.05, 4.69) is 46.8 Å². The number of benzene rings is 1. The molecule has 2 atom stereocenters. The molecule has 3 aromatic rings. The van der Waals surface area contributed by atoms with Crippen LogP contribution in [0.5, 0.6) is 0 Å². The highest BCUT2D eigenvalue weighted by Crippen LogP contribution is 2.59. The van der Waals surface area contributed by atoms with Crippen molar-refractivity contribution in [2.45, 2.75) is 32.1 Å². The Kier molecular flexibility index (Phi) is 3.89. The summed E-state index contributed by atoms with van der Waals surface area (Å²) in [5.74, 6) is 2.03. The Hall–Kier alpha value is -3.66. The molecule has 0 unspecified atom stereocenters. The van der Waals surface area contributed by atoms with Crippen molar-refractivity contribution in [3.8, 4) is 17.2 Å². The lowest BCUT2D eigenvalue weighted by atomic mass is 9.79. The lowest BCUT2D eigenvalue weighted by Gasteiger charge is -2.47. The van der Waals surface area contributed by atoms with Gasteiger partial charge in [-0.15, -0.1) is 0 Å². The number of nitriles is 1. The first-order valence-electron chi connectivity index (χ1n) is 12.1. The van der Waals surface area contributed by atoms with Crippen molar-refractivity contribution in [2.75, 3.05) is 31.1 Å². The number of aromatic nitrogens is 3. The highest BCUT2D eigenvalue weighted by Gasteiger charge is 2.51. The van der Waals surface area contributed by atoms with Gasteiger partial charge in [0, 0.05) is 48.5 Å². The average molecular weight is 451 g/mol. The lowest BCUT2D eigenvalue weighted by molar-refractivity contribution is -0.136. The van der Waals surface area contributed by atoms with E-state index in [0.29, 0.717) is 17.4 Å². The molecule has 7 nitrogen and oxygen atoms in total. The molecule has 2 aliphatic carbocycles. The van der Waals surface area contributed by atoms with E-state index in [1.165, 1.54) is 23.8 Å². The summed E-state index contributed by atoms with van der Waals surface area (Å²) >= 11 is 0. The number of aryl methyl sites for hydroxylation is 1. The number of hydrogen-bond acceptors (Lipinski definition) is 5. The highest BCUT2D eigenvalue weighted by molar-refractivity contribution is 6.00. The summed E-state index contributed by atoms with van der Waals surface area (Å²) in [5.41, 5.74) is 7.57. The Labute approximate surface area is 198 Å². The smallest absolute Gasteiger partial charge is 0.245 e. The lowest BCUT2D eigenvalue weighted by Crippen LogP contribution is -2.59. The van der Waals surface area contributed by atoms with Crippen LogP contribution in [0.2, 0.25) is 0 Å². The average Bonchev–Trinajstić information content (AvgIpc) is 3.18. The van der Waals surface area contributed by atoms with Crippen molar-refractivity contribution in [1.29, 1.82) is 5.26 Å². The maximum absolute atomic E-state index is 12.0. The van der Waals surface area contributed by atoms with E-state index in [1.807, 2.05) is 11.1 Å². The zero-order chi connectivity index (χ0) is 23.2. The van der Waals surface area contributed by atoms with Gasteiger partial charge in [-0.3, -0.25) is 9.89 Å². The van der Waals surface area contributed by atoms with Crippen LogP contribution in [0.15, 0.2) is 31.0 Å². The Morgan fingerprint density at radius 2 is 2.18 bits per heavy atom. The number of nitrogens with zero attached hydrogens (tertiary/aromatic N) is 5. The summed E-state index contributed by atoms with van der Waals surface area (Å²) < 4.78 is 0. The third kappa shape index (κ3) is 2.60. The molecule has 1 aromatic carbocycles. The number of pyridine rings is 1. The molecule has 4 aliphatic rings. The minimum atomic E-state index is 0.00295. The van der Waals surface area contributed by atoms with Crippen LogP contribution in [0.4, 0.5) is 5.82 Å². The second-order valence-electron chi connectivity index (χ2n) is 10.6. The van der Waals surface area contributed by atoms with E-state index in [0.717, 1.165) is 72.4 Å². The minimum Gasteiger partial charge on any atom is -0.355 e. The number of likely N-dealkylation sites (tertiary alicyclic amines) is 1. The molecule has 7 heteroatoms. The van der Waals surface area contributed by atoms with E-state index in [9.17, 15) is 10.1 Å². The molecular weight excluding hydrogens is 424 g/mol. The normalized spacial score (nSPS) is 23.5. The van der Waals surface area contributed by atoms with E-state index in [-0.39, 0.29) is 11.3 Å². The molecule has 3 fully saturated rings. The largest absolute Gasteiger partial charge is 0.355 e. The van der Waals surface area contributed by atoms with E-state index in [4.69, 9.17) is 4.98 Å². The van der Waals surface area contributed by atoms with Gasteiger partial charge < -0.3 is 9.80 Å². The van der Waals surface area contributed by atoms with E-state index >= 15 is 0 Å². The van der Waals surface area contributed by atoms with Gasteiger partial charge in [0.2, 0.25) is 5.91 Å². The SMILES string of the molecule is C=CC(=O)N1CC2(CCN(c3nc4c(c(-c5c(C)ccc6[nH]ncc56)c3C#N)C[C@H]3C[C@@H]43)C2)C1. The van der Waals surface area contributed by atoms with Gasteiger partial charge in [-0.2, -0.15) is 10.4 Å². The molecule has 0 radical (unpaired) electrons. The van der Waals surface area contributed by atoms with Gasteiger partial charge in [0.05, 0.1) is 17.4 Å². The fraction of sp³-hybridized carbons (Fsp3) is 0.407. The first kappa shape index (κ1) is 19.8. The highest BCUT2D eigenvalue weighted by atomic mass is 16.2. The molecule has 4 heterocycles. The molecule has 170 valence electrons. The van der Waals surface area contributed by atoms with Crippen molar-refractivity contribution >= 4 is 22.6 Å². The van der Waals surface area contributed by atoms with Crippen LogP contribution in [0.25, 0.3) is 22.0 Å². The number of amides is 1. The van der Waals surface area contributed by atoms with Crippen molar-refractivity contribution in [3.05, 3.63) is 53.4 Å². The number of hydrogen-bond donors (Lipinski definition) is 1. The van der Waals surface area contributed by atoms with Gasteiger partial charge in [0.25, 0.3) is 0 Å². The van der Waals surface area contributed by atoms with E-state index in [1.54, 1.807) is 0 Å². The quantitative estimate of drug-likeness (QED) is 0.615. The first-order valence-corrected chi connectivity index (χ1v) is 12.1. The second-order valence-corrected chi connectivity index (χ2v) is 10.6. The van der Waals surface area contributed by atoms with Crippen LogP contribution in [-0.2, 0) is 11.2 Å². The standard InChI is InChI=1S/C27H26N6O/c1-3-22(34)33-13-27(14-33)6-7-32(12-27)26-19(10-28)24(18-9-16-8-17(16)25(18)30-26)23-15(2)4-5-21-20(23)11-29-31-21/h3-5,11,16-17H,1,6-9,12-14H2,2H3,(H,29,31)/t16-,17-/m1/s1. The molecule has 0 bridgehead atoms. The molecule has 1 amide bonds. The molecule has 7 rings (SSSR count). The number of rotatable bonds is 3. The van der Waals surface area contributed by atoms with Crippen LogP contribution >= 0.6 is 0 Å². The van der Waals surface area contributed by atoms with Crippen LogP contribution in [-0.4, -0.2) is 52.2 Å².